The molecular formula is C26H41NO5S. The van der Waals surface area contributed by atoms with Gasteiger partial charge in [-0.3, -0.25) is 4.79 Å². The van der Waals surface area contributed by atoms with Crippen molar-refractivity contribution in [3.63, 3.8) is 0 Å². The van der Waals surface area contributed by atoms with E-state index >= 15 is 0 Å². The molecule has 7 heteroatoms. The fraction of sp³-hybridized carbons (Fsp3) is 0.654. The summed E-state index contributed by atoms with van der Waals surface area (Å²) in [5.74, 6) is -0.986. The first-order valence-electron chi connectivity index (χ1n) is 11.6. The lowest BCUT2D eigenvalue weighted by Crippen LogP contribution is -2.44. The molecule has 33 heavy (non-hydrogen) atoms. The number of aldehydes is 1. The Morgan fingerprint density at radius 2 is 1.85 bits per heavy atom. The average molecular weight is 480 g/mol. The van der Waals surface area contributed by atoms with Crippen LogP contribution in [-0.2, 0) is 9.59 Å². The van der Waals surface area contributed by atoms with Crippen molar-refractivity contribution in [2.45, 2.75) is 92.5 Å². The summed E-state index contributed by atoms with van der Waals surface area (Å²) in [5, 5.41) is 34.3. The molecule has 5 atom stereocenters. The molecular weight excluding hydrogens is 438 g/mol. The maximum atomic E-state index is 12.8. The summed E-state index contributed by atoms with van der Waals surface area (Å²) >= 11 is 1.58. The number of ketones is 1. The number of aliphatic hydroxyl groups is 3. The first kappa shape index (κ1) is 29.4. The molecule has 1 aromatic rings. The Hall–Kier alpha value is -1.67. The minimum absolute atomic E-state index is 0.102. The van der Waals surface area contributed by atoms with Crippen molar-refractivity contribution in [1.82, 2.24) is 4.98 Å². The quantitative estimate of drug-likeness (QED) is 0.268. The second-order valence-electron chi connectivity index (χ2n) is 9.79. The van der Waals surface area contributed by atoms with Crippen molar-refractivity contribution >= 4 is 29.5 Å². The van der Waals surface area contributed by atoms with E-state index in [4.69, 9.17) is 0 Å². The Bertz CT molecular complexity index is 841. The number of allylic oxidation sites excluding steroid dienone is 1. The van der Waals surface area contributed by atoms with Crippen LogP contribution < -0.4 is 0 Å². The number of nitrogens with zero attached hydrogens (tertiary/aromatic N) is 1. The zero-order valence-electron chi connectivity index (χ0n) is 21.0. The van der Waals surface area contributed by atoms with Gasteiger partial charge in [-0.1, -0.05) is 39.3 Å². The maximum absolute atomic E-state index is 12.8. The van der Waals surface area contributed by atoms with E-state index in [-0.39, 0.29) is 18.1 Å². The molecule has 6 nitrogen and oxygen atoms in total. The van der Waals surface area contributed by atoms with Crippen LogP contribution in [0.5, 0.6) is 0 Å². The van der Waals surface area contributed by atoms with Gasteiger partial charge in [-0.15, -0.1) is 11.3 Å². The van der Waals surface area contributed by atoms with Gasteiger partial charge in [-0.2, -0.15) is 0 Å². The third-order valence-corrected chi connectivity index (χ3v) is 7.24. The second-order valence-corrected chi connectivity index (χ2v) is 10.9. The number of aryl methyl sites for hydroxylation is 1. The summed E-state index contributed by atoms with van der Waals surface area (Å²) in [6.45, 7) is 12.6. The highest BCUT2D eigenvalue weighted by atomic mass is 32.1. The number of rotatable bonds is 14. The third-order valence-electron chi connectivity index (χ3n) is 6.45. The highest BCUT2D eigenvalue weighted by Gasteiger charge is 2.40. The maximum Gasteiger partial charge on any atom is 0.146 e. The Balaban J connectivity index is 2.59. The van der Waals surface area contributed by atoms with Gasteiger partial charge < -0.3 is 20.1 Å². The van der Waals surface area contributed by atoms with Crippen LogP contribution in [-0.4, -0.2) is 50.7 Å². The largest absolute Gasteiger partial charge is 0.392 e. The van der Waals surface area contributed by atoms with Crippen molar-refractivity contribution in [2.24, 2.45) is 17.3 Å². The standard InChI is InChI=1S/C26H41NO5S/c1-16(13-22(29)18(3)14-21-15-33-20(5)27-21)9-8-10-17(2)24(31)19(4)25(32)26(6,7)23(30)11-12-28/h12-15,17,19,22-24,29-31H,8-11H2,1-7H3/b16-13-,18-14+. The van der Waals surface area contributed by atoms with Crippen LogP contribution in [0.1, 0.15) is 77.9 Å². The van der Waals surface area contributed by atoms with Crippen molar-refractivity contribution < 1.29 is 24.9 Å². The average Bonchev–Trinajstić information content (AvgIpc) is 3.16. The monoisotopic (exact) mass is 479 g/mol. The van der Waals surface area contributed by atoms with Crippen molar-refractivity contribution in [3.8, 4) is 0 Å². The molecule has 0 amide bonds. The van der Waals surface area contributed by atoms with Crippen LogP contribution >= 0.6 is 11.3 Å². The number of carbonyl (C=O) groups is 2. The molecule has 3 N–H and O–H groups in total. The SMILES string of the molecule is C/C(=C/C(O)/C(C)=C/c1csc(C)n1)CCCC(C)C(O)C(C)C(=O)C(C)(C)C(O)CC=O. The smallest absolute Gasteiger partial charge is 0.146 e. The zero-order chi connectivity index (χ0) is 25.3. The van der Waals surface area contributed by atoms with E-state index in [1.807, 2.05) is 45.2 Å². The highest BCUT2D eigenvalue weighted by Crippen LogP contribution is 2.31. The van der Waals surface area contributed by atoms with Crippen LogP contribution in [0, 0.1) is 24.2 Å². The molecule has 0 aliphatic rings. The molecule has 186 valence electrons. The van der Waals surface area contributed by atoms with E-state index < -0.39 is 29.6 Å². The van der Waals surface area contributed by atoms with E-state index in [9.17, 15) is 24.9 Å². The predicted molar refractivity (Wildman–Crippen MR) is 134 cm³/mol. The van der Waals surface area contributed by atoms with Crippen LogP contribution in [0.4, 0.5) is 0 Å². The second kappa shape index (κ2) is 13.3. The molecule has 0 spiro atoms. The molecule has 0 aliphatic heterocycles. The summed E-state index contributed by atoms with van der Waals surface area (Å²) in [7, 11) is 0. The number of Topliss-reactive ketones (excluding diaryl/α,β-unsaturated/α-hetero) is 1. The lowest BCUT2D eigenvalue weighted by molar-refractivity contribution is -0.142. The first-order valence-corrected chi connectivity index (χ1v) is 12.5. The van der Waals surface area contributed by atoms with Gasteiger partial charge in [0.15, 0.2) is 0 Å². The van der Waals surface area contributed by atoms with Crippen LogP contribution in [0.2, 0.25) is 0 Å². The number of thiazole rings is 1. The van der Waals surface area contributed by atoms with Gasteiger partial charge in [0.2, 0.25) is 0 Å². The van der Waals surface area contributed by atoms with Gasteiger partial charge >= 0.3 is 0 Å². The summed E-state index contributed by atoms with van der Waals surface area (Å²) in [6, 6.07) is 0. The molecule has 0 bridgehead atoms. The van der Waals surface area contributed by atoms with E-state index in [2.05, 4.69) is 4.98 Å². The molecule has 0 saturated carbocycles. The number of aromatic nitrogens is 1. The Labute approximate surface area is 202 Å². The zero-order valence-corrected chi connectivity index (χ0v) is 21.9. The molecule has 0 fully saturated rings. The Morgan fingerprint density at radius 3 is 2.39 bits per heavy atom. The van der Waals surface area contributed by atoms with Crippen LogP contribution in [0.25, 0.3) is 6.08 Å². The normalized spacial score (nSPS) is 17.9. The van der Waals surface area contributed by atoms with E-state index in [0.717, 1.165) is 41.1 Å². The number of hydrogen-bond acceptors (Lipinski definition) is 7. The fourth-order valence-corrected chi connectivity index (χ4v) is 4.48. The minimum Gasteiger partial charge on any atom is -0.392 e. The minimum atomic E-state index is -1.10. The Morgan fingerprint density at radius 1 is 1.21 bits per heavy atom. The molecule has 0 aliphatic carbocycles. The van der Waals surface area contributed by atoms with E-state index in [0.29, 0.717) is 6.29 Å². The number of carbonyl (C=O) groups excluding carboxylic acids is 2. The molecule has 5 unspecified atom stereocenters. The van der Waals surface area contributed by atoms with Crippen LogP contribution in [0.15, 0.2) is 22.6 Å². The van der Waals surface area contributed by atoms with Gasteiger partial charge in [0.25, 0.3) is 0 Å². The van der Waals surface area contributed by atoms with Gasteiger partial charge in [-0.05, 0) is 57.6 Å². The topological polar surface area (TPSA) is 108 Å². The lowest BCUT2D eigenvalue weighted by atomic mass is 9.73. The van der Waals surface area contributed by atoms with Crippen LogP contribution in [0.3, 0.4) is 0 Å². The Kier molecular flexibility index (Phi) is 11.8. The molecule has 0 aromatic carbocycles. The molecule has 0 saturated heterocycles. The number of aliphatic hydroxyl groups excluding tert-OH is 3. The summed E-state index contributed by atoms with van der Waals surface area (Å²) in [6.07, 6.45) is 3.99. The summed E-state index contributed by atoms with van der Waals surface area (Å²) < 4.78 is 0. The molecule has 1 aromatic heterocycles. The van der Waals surface area contributed by atoms with Crippen molar-refractivity contribution in [2.75, 3.05) is 0 Å². The summed E-state index contributed by atoms with van der Waals surface area (Å²) in [4.78, 5) is 27.9. The first-order chi connectivity index (χ1) is 15.3. The van der Waals surface area contributed by atoms with Crippen molar-refractivity contribution in [1.29, 1.82) is 0 Å². The van der Waals surface area contributed by atoms with Gasteiger partial charge in [0.05, 0.1) is 34.4 Å². The molecule has 0 radical (unpaired) electrons. The van der Waals surface area contributed by atoms with E-state index in [1.165, 1.54) is 0 Å². The third kappa shape index (κ3) is 8.89. The molecule has 1 heterocycles. The van der Waals surface area contributed by atoms with Gasteiger partial charge in [0.1, 0.15) is 12.1 Å². The summed E-state index contributed by atoms with van der Waals surface area (Å²) in [5.41, 5.74) is 1.65. The molecule has 1 rings (SSSR count). The predicted octanol–water partition coefficient (Wildman–Crippen LogP) is 4.51. The number of hydrogen-bond donors (Lipinski definition) is 3. The van der Waals surface area contributed by atoms with E-state index in [1.54, 1.807) is 32.1 Å². The van der Waals surface area contributed by atoms with Gasteiger partial charge in [0, 0.05) is 17.7 Å². The highest BCUT2D eigenvalue weighted by molar-refractivity contribution is 7.09. The van der Waals surface area contributed by atoms with Gasteiger partial charge in [-0.25, -0.2) is 4.98 Å². The fourth-order valence-electron chi connectivity index (χ4n) is 3.91. The lowest BCUT2D eigenvalue weighted by Gasteiger charge is -2.34. The van der Waals surface area contributed by atoms with Crippen molar-refractivity contribution in [3.05, 3.63) is 33.3 Å².